The number of rotatable bonds is 3. The molecule has 0 fully saturated rings. The first-order valence-corrected chi connectivity index (χ1v) is 8.97. The van der Waals surface area contributed by atoms with E-state index in [0.29, 0.717) is 0 Å². The van der Waals surface area contributed by atoms with Crippen molar-refractivity contribution in [2.24, 2.45) is 0 Å². The first kappa shape index (κ1) is 17.1. The van der Waals surface area contributed by atoms with E-state index in [1.165, 1.54) is 21.6 Å². The summed E-state index contributed by atoms with van der Waals surface area (Å²) in [7, 11) is 0. The lowest BCUT2D eigenvalue weighted by Crippen LogP contribution is -2.16. The molecule has 0 nitrogen and oxygen atoms in total. The van der Waals surface area contributed by atoms with Crippen LogP contribution in [0.1, 0.15) is 58.2 Å². The largest absolute Gasteiger partial charge is 0.121 e. The molecule has 118 valence electrons. The predicted molar refractivity (Wildman–Crippen MR) is 99.8 cm³/mol. The molecule has 0 spiro atoms. The minimum absolute atomic E-state index is 0.188. The van der Waals surface area contributed by atoms with Crippen LogP contribution in [0.5, 0.6) is 0 Å². The van der Waals surface area contributed by atoms with E-state index >= 15 is 0 Å². The Hall–Kier alpha value is -1.21. The van der Waals surface area contributed by atoms with Gasteiger partial charge in [0.1, 0.15) is 0 Å². The minimum Gasteiger partial charge on any atom is -0.121 e. The second-order valence-electron chi connectivity index (χ2n) is 8.02. The molecule has 0 saturated carbocycles. The van der Waals surface area contributed by atoms with E-state index in [-0.39, 0.29) is 10.8 Å². The van der Waals surface area contributed by atoms with Gasteiger partial charge in [0.15, 0.2) is 0 Å². The van der Waals surface area contributed by atoms with Crippen molar-refractivity contribution in [3.63, 3.8) is 0 Å². The van der Waals surface area contributed by atoms with Gasteiger partial charge >= 0.3 is 0 Å². The average Bonchev–Trinajstić information content (AvgIpc) is 2.44. The third-order valence-electron chi connectivity index (χ3n) is 3.87. The Morgan fingerprint density at radius 1 is 0.727 bits per heavy atom. The lowest BCUT2D eigenvalue weighted by molar-refractivity contribution is 0.567. The van der Waals surface area contributed by atoms with Crippen LogP contribution in [-0.2, 0) is 16.6 Å². The summed E-state index contributed by atoms with van der Waals surface area (Å²) in [6.07, 6.45) is 0. The first-order chi connectivity index (χ1) is 10.2. The second-order valence-corrected chi connectivity index (χ2v) is 9.07. The number of hydrogen-bond acceptors (Lipinski definition) is 1. The first-order valence-electron chi connectivity index (χ1n) is 7.99. The molecule has 0 radical (unpaired) electrons. The maximum absolute atomic E-state index is 2.39. The highest BCUT2D eigenvalue weighted by Gasteiger charge is 2.20. The molecule has 0 atom stereocenters. The van der Waals surface area contributed by atoms with Crippen LogP contribution in [0, 0.1) is 0 Å². The SMILES string of the molecule is CC(C)(C)c1cc(CSc2ccccc2)cc(C(C)(C)C)c1. The summed E-state index contributed by atoms with van der Waals surface area (Å²) < 4.78 is 0. The Bertz CT molecular complexity index is 580. The van der Waals surface area contributed by atoms with Gasteiger partial charge in [-0.25, -0.2) is 0 Å². The molecule has 0 amide bonds. The van der Waals surface area contributed by atoms with E-state index in [1.54, 1.807) is 0 Å². The fourth-order valence-electron chi connectivity index (χ4n) is 2.32. The van der Waals surface area contributed by atoms with E-state index < -0.39 is 0 Å². The summed E-state index contributed by atoms with van der Waals surface area (Å²) in [5.74, 6) is 1.02. The molecule has 0 heterocycles. The summed E-state index contributed by atoms with van der Waals surface area (Å²) in [6, 6.07) is 17.8. The van der Waals surface area contributed by atoms with Crippen LogP contribution in [-0.4, -0.2) is 0 Å². The van der Waals surface area contributed by atoms with Gasteiger partial charge in [0.2, 0.25) is 0 Å². The van der Waals surface area contributed by atoms with Crippen LogP contribution in [0.3, 0.4) is 0 Å². The van der Waals surface area contributed by atoms with Crippen molar-refractivity contribution in [3.05, 3.63) is 65.2 Å². The molecule has 0 N–H and O–H groups in total. The second kappa shape index (κ2) is 6.50. The Balaban J connectivity index is 2.30. The highest BCUT2D eigenvalue weighted by Crippen LogP contribution is 2.32. The lowest BCUT2D eigenvalue weighted by Gasteiger charge is -2.26. The van der Waals surface area contributed by atoms with Gasteiger partial charge in [0.25, 0.3) is 0 Å². The maximum atomic E-state index is 2.39. The zero-order valence-corrected chi connectivity index (χ0v) is 15.6. The molecule has 0 aliphatic carbocycles. The molecule has 0 saturated heterocycles. The molecule has 0 unspecified atom stereocenters. The molecule has 0 bridgehead atoms. The smallest absolute Gasteiger partial charge is 0.0232 e. The minimum atomic E-state index is 0.188. The summed E-state index contributed by atoms with van der Waals surface area (Å²) in [5.41, 5.74) is 4.67. The number of benzene rings is 2. The van der Waals surface area contributed by atoms with Crippen molar-refractivity contribution < 1.29 is 0 Å². The third kappa shape index (κ3) is 4.64. The average molecular weight is 313 g/mol. The zero-order valence-electron chi connectivity index (χ0n) is 14.7. The maximum Gasteiger partial charge on any atom is 0.0232 e. The molecule has 0 aliphatic rings. The molecule has 0 aliphatic heterocycles. The molecule has 1 heteroatoms. The van der Waals surface area contributed by atoms with E-state index in [2.05, 4.69) is 90.1 Å². The van der Waals surface area contributed by atoms with Crippen molar-refractivity contribution in [1.82, 2.24) is 0 Å². The Kier molecular flexibility index (Phi) is 5.07. The Morgan fingerprint density at radius 3 is 1.68 bits per heavy atom. The summed E-state index contributed by atoms with van der Waals surface area (Å²) in [4.78, 5) is 1.33. The lowest BCUT2D eigenvalue weighted by atomic mass is 9.80. The number of hydrogen-bond donors (Lipinski definition) is 0. The Labute approximate surface area is 140 Å². The van der Waals surface area contributed by atoms with Gasteiger partial charge in [-0.2, -0.15) is 0 Å². The summed E-state index contributed by atoms with van der Waals surface area (Å²) >= 11 is 1.91. The normalized spacial score (nSPS) is 12.5. The summed E-state index contributed by atoms with van der Waals surface area (Å²) in [6.45, 7) is 13.8. The Morgan fingerprint density at radius 2 is 1.23 bits per heavy atom. The van der Waals surface area contributed by atoms with Gasteiger partial charge in [0, 0.05) is 10.6 Å². The molecular weight excluding hydrogens is 284 g/mol. The molecule has 2 aromatic rings. The van der Waals surface area contributed by atoms with Crippen LogP contribution in [0.25, 0.3) is 0 Å². The van der Waals surface area contributed by atoms with Crippen molar-refractivity contribution in [1.29, 1.82) is 0 Å². The van der Waals surface area contributed by atoms with Crippen molar-refractivity contribution in [2.75, 3.05) is 0 Å². The molecule has 0 aromatic heterocycles. The third-order valence-corrected chi connectivity index (χ3v) is 4.96. The van der Waals surface area contributed by atoms with Gasteiger partial charge in [-0.15, -0.1) is 11.8 Å². The van der Waals surface area contributed by atoms with Gasteiger partial charge in [0.05, 0.1) is 0 Å². The molecule has 22 heavy (non-hydrogen) atoms. The quantitative estimate of drug-likeness (QED) is 0.577. The van der Waals surface area contributed by atoms with E-state index in [9.17, 15) is 0 Å². The van der Waals surface area contributed by atoms with Gasteiger partial charge in [-0.05, 0) is 39.7 Å². The monoisotopic (exact) mass is 312 g/mol. The van der Waals surface area contributed by atoms with Crippen molar-refractivity contribution >= 4 is 11.8 Å². The van der Waals surface area contributed by atoms with E-state index in [0.717, 1.165) is 5.75 Å². The zero-order chi connectivity index (χ0) is 16.4. The highest BCUT2D eigenvalue weighted by atomic mass is 32.2. The van der Waals surface area contributed by atoms with Crippen molar-refractivity contribution in [2.45, 2.75) is 63.0 Å². The topological polar surface area (TPSA) is 0 Å². The standard InChI is InChI=1S/C21H28S/c1-20(2,3)17-12-16(13-18(14-17)21(4,5)6)15-22-19-10-8-7-9-11-19/h7-14H,15H2,1-6H3. The predicted octanol–water partition coefficient (Wildman–Crippen LogP) is 6.57. The van der Waals surface area contributed by atoms with Crippen LogP contribution < -0.4 is 0 Å². The molecule has 2 aromatic carbocycles. The molecule has 2 rings (SSSR count). The van der Waals surface area contributed by atoms with E-state index in [1.807, 2.05) is 11.8 Å². The van der Waals surface area contributed by atoms with Crippen molar-refractivity contribution in [3.8, 4) is 0 Å². The highest BCUT2D eigenvalue weighted by molar-refractivity contribution is 7.98. The fourth-order valence-corrected chi connectivity index (χ4v) is 3.17. The van der Waals surface area contributed by atoms with Crippen LogP contribution in [0.2, 0.25) is 0 Å². The molecular formula is C21H28S. The van der Waals surface area contributed by atoms with E-state index in [4.69, 9.17) is 0 Å². The van der Waals surface area contributed by atoms with Gasteiger partial charge in [-0.1, -0.05) is 77.9 Å². The van der Waals surface area contributed by atoms with Crippen LogP contribution in [0.15, 0.2) is 53.4 Å². The van der Waals surface area contributed by atoms with Crippen LogP contribution in [0.4, 0.5) is 0 Å². The number of thioether (sulfide) groups is 1. The van der Waals surface area contributed by atoms with Gasteiger partial charge in [-0.3, -0.25) is 0 Å². The van der Waals surface area contributed by atoms with Gasteiger partial charge < -0.3 is 0 Å². The van der Waals surface area contributed by atoms with Crippen LogP contribution >= 0.6 is 11.8 Å². The summed E-state index contributed by atoms with van der Waals surface area (Å²) in [5, 5.41) is 0. The fraction of sp³-hybridized carbons (Fsp3) is 0.429.